The summed E-state index contributed by atoms with van der Waals surface area (Å²) in [5.74, 6) is 0.613. The predicted octanol–water partition coefficient (Wildman–Crippen LogP) is 5.32. The first-order valence-electron chi connectivity index (χ1n) is 11.9. The summed E-state index contributed by atoms with van der Waals surface area (Å²) in [6, 6.07) is 3.75. The number of aryl methyl sites for hydroxylation is 1. The minimum Gasteiger partial charge on any atom is -0.369 e. The quantitative estimate of drug-likeness (QED) is 0.433. The highest BCUT2D eigenvalue weighted by Crippen LogP contribution is 2.34. The second kappa shape index (κ2) is 8.73. The zero-order valence-electron chi connectivity index (χ0n) is 20.9. The van der Waals surface area contributed by atoms with Crippen molar-refractivity contribution in [2.24, 2.45) is 0 Å². The van der Waals surface area contributed by atoms with Crippen LogP contribution in [-0.2, 0) is 0 Å². The highest BCUT2D eigenvalue weighted by molar-refractivity contribution is 5.94. The standard InChI is InChI=1S/C30H28N4O2/c1-7-11-24-22(9-3)31-27-19-15-16-21-26(18(19)6)20(14-13-17(5)29(35)33(24)27)28-32-23(10-4)25(12-8-2)34(28)30(21)36/h7-16,29,35H,3-4H2,1-2,5-6H3/b11-7-,12-8-,17-13+,20-14+. The maximum atomic E-state index is 13.8. The molecule has 0 radical (unpaired) electrons. The monoisotopic (exact) mass is 476 g/mol. The van der Waals surface area contributed by atoms with Gasteiger partial charge in [-0.2, -0.15) is 0 Å². The first-order valence-corrected chi connectivity index (χ1v) is 11.9. The molecule has 5 rings (SSSR count). The first kappa shape index (κ1) is 23.5. The molecule has 0 saturated carbocycles. The number of pyridine rings is 1. The van der Waals surface area contributed by atoms with E-state index < -0.39 is 6.23 Å². The third-order valence-corrected chi connectivity index (χ3v) is 6.77. The molecule has 0 amide bonds. The topological polar surface area (TPSA) is 72.4 Å². The summed E-state index contributed by atoms with van der Waals surface area (Å²) in [5.41, 5.74) is 5.65. The minimum atomic E-state index is -0.947. The molecule has 1 N–H and O–H groups in total. The Morgan fingerprint density at radius 3 is 2.31 bits per heavy atom. The van der Waals surface area contributed by atoms with Crippen molar-refractivity contribution in [1.29, 1.82) is 0 Å². The predicted molar refractivity (Wildman–Crippen MR) is 149 cm³/mol. The van der Waals surface area contributed by atoms with E-state index in [0.717, 1.165) is 33.0 Å². The lowest BCUT2D eigenvalue weighted by Gasteiger charge is -2.20. The van der Waals surface area contributed by atoms with Gasteiger partial charge in [0.2, 0.25) is 0 Å². The molecule has 1 aliphatic rings. The van der Waals surface area contributed by atoms with Crippen molar-refractivity contribution >= 4 is 46.8 Å². The Morgan fingerprint density at radius 2 is 1.64 bits per heavy atom. The van der Waals surface area contributed by atoms with E-state index in [1.165, 1.54) is 0 Å². The molecule has 0 saturated heterocycles. The van der Waals surface area contributed by atoms with Gasteiger partial charge in [0.15, 0.2) is 6.23 Å². The number of aliphatic hydroxyl groups is 1. The number of hydrogen-bond acceptors (Lipinski definition) is 4. The van der Waals surface area contributed by atoms with E-state index in [0.29, 0.717) is 33.9 Å². The van der Waals surface area contributed by atoms with Gasteiger partial charge in [-0.15, -0.1) is 0 Å². The summed E-state index contributed by atoms with van der Waals surface area (Å²) in [7, 11) is 0. The van der Waals surface area contributed by atoms with Crippen molar-refractivity contribution in [2.45, 2.75) is 33.9 Å². The summed E-state index contributed by atoms with van der Waals surface area (Å²) in [5, 5.41) is 13.7. The van der Waals surface area contributed by atoms with Gasteiger partial charge in [-0.05, 0) is 69.2 Å². The third-order valence-electron chi connectivity index (χ3n) is 6.77. The van der Waals surface area contributed by atoms with Gasteiger partial charge >= 0.3 is 0 Å². The molecule has 2 bridgehead atoms. The molecule has 6 heteroatoms. The second-order valence-electron chi connectivity index (χ2n) is 8.86. The van der Waals surface area contributed by atoms with Crippen LogP contribution in [0.5, 0.6) is 0 Å². The Morgan fingerprint density at radius 1 is 0.972 bits per heavy atom. The van der Waals surface area contributed by atoms with Crippen LogP contribution in [0.15, 0.2) is 53.9 Å². The van der Waals surface area contributed by atoms with Gasteiger partial charge in [0.1, 0.15) is 11.5 Å². The van der Waals surface area contributed by atoms with E-state index >= 15 is 0 Å². The summed E-state index contributed by atoms with van der Waals surface area (Å²) in [6.07, 6.45) is 13.8. The second-order valence-corrected chi connectivity index (χ2v) is 8.86. The SMILES string of the molecule is C=Cc1nc2n(c1/C=C\C)C(O)/C(C)=C/C=c1\c3c(C)c-2ccc3c(=O)n2c(/C=C\C)c(C=C)nc12. The molecule has 180 valence electrons. The van der Waals surface area contributed by atoms with Crippen LogP contribution >= 0.6 is 0 Å². The highest BCUT2D eigenvalue weighted by Gasteiger charge is 2.25. The average molecular weight is 477 g/mol. The number of hydrogen-bond donors (Lipinski definition) is 1. The van der Waals surface area contributed by atoms with Crippen molar-refractivity contribution in [3.05, 3.63) is 93.0 Å². The van der Waals surface area contributed by atoms with Crippen LogP contribution in [0.25, 0.3) is 58.2 Å². The van der Waals surface area contributed by atoms with Crippen LogP contribution in [0.1, 0.15) is 55.3 Å². The Labute approximate surface area is 209 Å². The van der Waals surface area contributed by atoms with Gasteiger partial charge in [0.25, 0.3) is 5.56 Å². The van der Waals surface area contributed by atoms with Gasteiger partial charge in [0, 0.05) is 21.6 Å². The van der Waals surface area contributed by atoms with Crippen molar-refractivity contribution in [1.82, 2.24) is 18.9 Å². The maximum Gasteiger partial charge on any atom is 0.264 e. The van der Waals surface area contributed by atoms with E-state index in [1.807, 2.05) is 80.9 Å². The van der Waals surface area contributed by atoms with Crippen molar-refractivity contribution in [3.8, 4) is 11.4 Å². The number of imidazole rings is 2. The Kier molecular flexibility index (Phi) is 5.69. The number of allylic oxidation sites excluding steroid dienone is 3. The van der Waals surface area contributed by atoms with Crippen LogP contribution in [-0.4, -0.2) is 24.0 Å². The molecule has 1 atom stereocenters. The molecule has 6 nitrogen and oxygen atoms in total. The summed E-state index contributed by atoms with van der Waals surface area (Å²) >= 11 is 0. The van der Waals surface area contributed by atoms with Crippen molar-refractivity contribution < 1.29 is 5.11 Å². The van der Waals surface area contributed by atoms with Crippen LogP contribution in [0.2, 0.25) is 0 Å². The molecule has 0 aliphatic carbocycles. The molecule has 0 fully saturated rings. The van der Waals surface area contributed by atoms with Crippen LogP contribution < -0.4 is 10.8 Å². The normalized spacial score (nSPS) is 18.0. The van der Waals surface area contributed by atoms with Gasteiger partial charge in [-0.25, -0.2) is 9.97 Å². The number of rotatable bonds is 4. The van der Waals surface area contributed by atoms with Gasteiger partial charge in [-0.3, -0.25) is 13.8 Å². The molecular weight excluding hydrogens is 448 g/mol. The van der Waals surface area contributed by atoms with E-state index in [4.69, 9.17) is 9.97 Å². The molecule has 3 aromatic heterocycles. The molecule has 4 heterocycles. The van der Waals surface area contributed by atoms with Gasteiger partial charge in [-0.1, -0.05) is 43.5 Å². The average Bonchev–Trinajstić information content (AvgIpc) is 3.42. The molecular formula is C30H28N4O2. The fourth-order valence-corrected chi connectivity index (χ4v) is 5.05. The zero-order valence-corrected chi connectivity index (χ0v) is 20.9. The highest BCUT2D eigenvalue weighted by atomic mass is 16.3. The van der Waals surface area contributed by atoms with Crippen molar-refractivity contribution in [3.63, 3.8) is 0 Å². The third kappa shape index (κ3) is 3.18. The fourth-order valence-electron chi connectivity index (χ4n) is 5.05. The summed E-state index contributed by atoms with van der Waals surface area (Å²) in [6.45, 7) is 15.5. The Bertz CT molecular complexity index is 1790. The number of aliphatic hydroxyl groups excluding tert-OH is 1. The van der Waals surface area contributed by atoms with Crippen LogP contribution in [0.4, 0.5) is 0 Å². The van der Waals surface area contributed by atoms with E-state index in [-0.39, 0.29) is 5.56 Å². The molecule has 1 unspecified atom stereocenters. The lowest BCUT2D eigenvalue weighted by molar-refractivity contribution is 0.143. The molecule has 36 heavy (non-hydrogen) atoms. The largest absolute Gasteiger partial charge is 0.369 e. The fraction of sp³-hybridized carbons (Fsp3) is 0.167. The minimum absolute atomic E-state index is 0.136. The van der Waals surface area contributed by atoms with E-state index in [9.17, 15) is 9.90 Å². The number of fused-ring (bicyclic) bond motifs is 5. The summed E-state index contributed by atoms with van der Waals surface area (Å²) < 4.78 is 3.47. The lowest BCUT2D eigenvalue weighted by atomic mass is 9.97. The molecule has 1 aliphatic heterocycles. The van der Waals surface area contributed by atoms with Crippen LogP contribution in [0, 0.1) is 6.92 Å². The summed E-state index contributed by atoms with van der Waals surface area (Å²) in [4.78, 5) is 23.5. The lowest BCUT2D eigenvalue weighted by Crippen LogP contribution is -2.23. The van der Waals surface area contributed by atoms with E-state index in [2.05, 4.69) is 13.2 Å². The smallest absolute Gasteiger partial charge is 0.264 e. The van der Waals surface area contributed by atoms with Crippen LogP contribution in [0.3, 0.4) is 0 Å². The van der Waals surface area contributed by atoms with Gasteiger partial charge in [0.05, 0.1) is 22.8 Å². The Balaban J connectivity index is 2.06. The molecule has 1 aromatic carbocycles. The maximum absolute atomic E-state index is 13.8. The molecule has 0 spiro atoms. The zero-order chi connectivity index (χ0) is 25.7. The van der Waals surface area contributed by atoms with Crippen molar-refractivity contribution in [2.75, 3.05) is 0 Å². The van der Waals surface area contributed by atoms with Gasteiger partial charge < -0.3 is 5.11 Å². The number of aromatic nitrogens is 4. The Hall–Kier alpha value is -4.29. The number of benzene rings is 1. The van der Waals surface area contributed by atoms with E-state index in [1.54, 1.807) is 16.6 Å². The first-order chi connectivity index (χ1) is 17.4. The number of nitrogens with zero attached hydrogens (tertiary/aromatic N) is 4. The molecule has 4 aromatic rings.